The molecule has 1 amide bonds. The smallest absolute Gasteiger partial charge is 0.272 e. The van der Waals surface area contributed by atoms with Crippen molar-refractivity contribution in [3.63, 3.8) is 0 Å². The van der Waals surface area contributed by atoms with Crippen LogP contribution < -0.4 is 4.90 Å². The highest BCUT2D eigenvalue weighted by atomic mass is 16.2. The van der Waals surface area contributed by atoms with Crippen molar-refractivity contribution >= 4 is 11.7 Å². The predicted octanol–water partition coefficient (Wildman–Crippen LogP) is 3.12. The molecule has 0 bridgehead atoms. The Hall–Kier alpha value is -1.65. The van der Waals surface area contributed by atoms with E-state index in [4.69, 9.17) is 0 Å². The monoisotopic (exact) mass is 316 g/mol. The summed E-state index contributed by atoms with van der Waals surface area (Å²) in [6.07, 6.45) is 8.39. The summed E-state index contributed by atoms with van der Waals surface area (Å²) in [6.45, 7) is 7.36. The summed E-state index contributed by atoms with van der Waals surface area (Å²) in [6, 6.07) is 2.25. The van der Waals surface area contributed by atoms with Crippen LogP contribution >= 0.6 is 0 Å². The maximum absolute atomic E-state index is 12.9. The van der Waals surface area contributed by atoms with Crippen LogP contribution in [0.3, 0.4) is 0 Å². The number of amides is 1. The number of anilines is 1. The molecular weight excluding hydrogens is 288 g/mol. The van der Waals surface area contributed by atoms with Gasteiger partial charge in [0.15, 0.2) is 0 Å². The molecule has 0 aliphatic carbocycles. The van der Waals surface area contributed by atoms with Crippen LogP contribution in [-0.4, -0.2) is 46.5 Å². The first kappa shape index (κ1) is 16.2. The normalized spacial score (nSPS) is 23.1. The minimum atomic E-state index is 0.0746. The van der Waals surface area contributed by atoms with E-state index < -0.39 is 0 Å². The van der Waals surface area contributed by atoms with Crippen molar-refractivity contribution in [2.75, 3.05) is 24.5 Å². The summed E-state index contributed by atoms with van der Waals surface area (Å²) in [5, 5.41) is 0. The van der Waals surface area contributed by atoms with Gasteiger partial charge in [0.25, 0.3) is 5.91 Å². The Balaban J connectivity index is 1.75. The predicted molar refractivity (Wildman–Crippen MR) is 91.6 cm³/mol. The molecule has 2 fully saturated rings. The molecule has 1 unspecified atom stereocenters. The molecule has 0 N–H and O–H groups in total. The van der Waals surface area contributed by atoms with Gasteiger partial charge in [-0.3, -0.25) is 4.79 Å². The first-order valence-electron chi connectivity index (χ1n) is 9.07. The van der Waals surface area contributed by atoms with Crippen molar-refractivity contribution in [1.29, 1.82) is 0 Å². The molecule has 2 saturated heterocycles. The van der Waals surface area contributed by atoms with E-state index in [1.54, 1.807) is 6.33 Å². The van der Waals surface area contributed by atoms with Crippen molar-refractivity contribution < 1.29 is 4.79 Å². The fourth-order valence-corrected chi connectivity index (χ4v) is 3.71. The lowest BCUT2D eigenvalue weighted by atomic mass is 9.99. The van der Waals surface area contributed by atoms with E-state index in [1.165, 1.54) is 19.3 Å². The van der Waals surface area contributed by atoms with E-state index in [0.717, 1.165) is 50.6 Å². The molecule has 0 spiro atoms. The molecule has 5 heteroatoms. The molecule has 1 atom stereocenters. The summed E-state index contributed by atoms with van der Waals surface area (Å²) in [5.41, 5.74) is 0.550. The molecule has 2 aliphatic rings. The average Bonchev–Trinajstić information content (AvgIpc) is 2.62. The minimum Gasteiger partial charge on any atom is -0.356 e. The van der Waals surface area contributed by atoms with Gasteiger partial charge < -0.3 is 9.80 Å². The Morgan fingerprint density at radius 1 is 1.17 bits per heavy atom. The van der Waals surface area contributed by atoms with E-state index in [1.807, 2.05) is 11.0 Å². The van der Waals surface area contributed by atoms with Crippen molar-refractivity contribution in [1.82, 2.24) is 14.9 Å². The molecule has 3 rings (SSSR count). The van der Waals surface area contributed by atoms with Gasteiger partial charge in [-0.05, 0) is 44.4 Å². The standard InChI is InChI=1S/C18H28N4O/c1-3-15-6-4-5-9-22(15)18(23)16-12-17(20-13-19-16)21-10-7-14(2)8-11-21/h12-15H,3-11H2,1-2H3. The zero-order chi connectivity index (χ0) is 16.2. The quantitative estimate of drug-likeness (QED) is 0.859. The largest absolute Gasteiger partial charge is 0.356 e. The topological polar surface area (TPSA) is 49.3 Å². The molecule has 2 aliphatic heterocycles. The molecule has 1 aromatic heterocycles. The fraction of sp³-hybridized carbons (Fsp3) is 0.722. The summed E-state index contributed by atoms with van der Waals surface area (Å²) in [4.78, 5) is 25.8. The number of nitrogens with zero attached hydrogens (tertiary/aromatic N) is 4. The first-order chi connectivity index (χ1) is 11.2. The van der Waals surface area contributed by atoms with Crippen LogP contribution in [0.4, 0.5) is 5.82 Å². The van der Waals surface area contributed by atoms with Crippen molar-refractivity contribution in [3.8, 4) is 0 Å². The van der Waals surface area contributed by atoms with Crippen LogP contribution in [-0.2, 0) is 0 Å². The van der Waals surface area contributed by atoms with Gasteiger partial charge in [0, 0.05) is 31.7 Å². The van der Waals surface area contributed by atoms with Crippen LogP contribution in [0.2, 0.25) is 0 Å². The maximum Gasteiger partial charge on any atom is 0.272 e. The van der Waals surface area contributed by atoms with Crippen LogP contribution in [0.5, 0.6) is 0 Å². The number of rotatable bonds is 3. The Labute approximate surface area is 139 Å². The second-order valence-electron chi connectivity index (χ2n) is 6.99. The van der Waals surface area contributed by atoms with E-state index in [0.29, 0.717) is 11.7 Å². The lowest BCUT2D eigenvalue weighted by Crippen LogP contribution is -2.43. The summed E-state index contributed by atoms with van der Waals surface area (Å²) < 4.78 is 0. The SMILES string of the molecule is CCC1CCCCN1C(=O)c1cc(N2CCC(C)CC2)ncn1. The third kappa shape index (κ3) is 3.65. The highest BCUT2D eigenvalue weighted by Gasteiger charge is 2.27. The molecule has 23 heavy (non-hydrogen) atoms. The maximum atomic E-state index is 12.9. The Morgan fingerprint density at radius 3 is 2.70 bits per heavy atom. The molecule has 126 valence electrons. The van der Waals surface area contributed by atoms with Gasteiger partial charge in [-0.1, -0.05) is 13.8 Å². The van der Waals surface area contributed by atoms with Crippen molar-refractivity contribution in [2.45, 2.75) is 58.4 Å². The number of carbonyl (C=O) groups excluding carboxylic acids is 1. The van der Waals surface area contributed by atoms with Gasteiger partial charge in [0.05, 0.1) is 0 Å². The Morgan fingerprint density at radius 2 is 1.96 bits per heavy atom. The molecular formula is C18H28N4O. The Kier molecular flexibility index (Phi) is 5.13. The number of aromatic nitrogens is 2. The van der Waals surface area contributed by atoms with Gasteiger partial charge in [-0.25, -0.2) is 9.97 Å². The average molecular weight is 316 g/mol. The highest BCUT2D eigenvalue weighted by Crippen LogP contribution is 2.24. The number of carbonyl (C=O) groups is 1. The number of piperidine rings is 2. The van der Waals surface area contributed by atoms with Crippen LogP contribution in [0, 0.1) is 5.92 Å². The number of hydrogen-bond donors (Lipinski definition) is 0. The molecule has 0 radical (unpaired) electrons. The molecule has 0 saturated carbocycles. The third-order valence-electron chi connectivity index (χ3n) is 5.34. The molecule has 5 nitrogen and oxygen atoms in total. The zero-order valence-corrected chi connectivity index (χ0v) is 14.4. The summed E-state index contributed by atoms with van der Waals surface area (Å²) in [7, 11) is 0. The molecule has 1 aromatic rings. The summed E-state index contributed by atoms with van der Waals surface area (Å²) >= 11 is 0. The van der Waals surface area contributed by atoms with E-state index >= 15 is 0 Å². The second-order valence-corrected chi connectivity index (χ2v) is 6.99. The molecule has 3 heterocycles. The third-order valence-corrected chi connectivity index (χ3v) is 5.34. The second kappa shape index (κ2) is 7.28. The van der Waals surface area contributed by atoms with E-state index in [2.05, 4.69) is 28.7 Å². The van der Waals surface area contributed by atoms with Gasteiger partial charge in [-0.15, -0.1) is 0 Å². The first-order valence-corrected chi connectivity index (χ1v) is 9.07. The van der Waals surface area contributed by atoms with E-state index in [9.17, 15) is 4.79 Å². The van der Waals surface area contributed by atoms with Crippen LogP contribution in [0.1, 0.15) is 62.9 Å². The zero-order valence-electron chi connectivity index (χ0n) is 14.4. The van der Waals surface area contributed by atoms with Gasteiger partial charge >= 0.3 is 0 Å². The Bertz CT molecular complexity index is 540. The van der Waals surface area contributed by atoms with E-state index in [-0.39, 0.29) is 5.91 Å². The lowest BCUT2D eigenvalue weighted by molar-refractivity contribution is 0.0601. The van der Waals surface area contributed by atoms with Crippen molar-refractivity contribution in [3.05, 3.63) is 18.1 Å². The lowest BCUT2D eigenvalue weighted by Gasteiger charge is -2.35. The van der Waals surface area contributed by atoms with Gasteiger partial charge in [0.2, 0.25) is 0 Å². The van der Waals surface area contributed by atoms with Crippen LogP contribution in [0.15, 0.2) is 12.4 Å². The number of hydrogen-bond acceptors (Lipinski definition) is 4. The fourth-order valence-electron chi connectivity index (χ4n) is 3.71. The van der Waals surface area contributed by atoms with Crippen LogP contribution in [0.25, 0.3) is 0 Å². The summed E-state index contributed by atoms with van der Waals surface area (Å²) in [5.74, 6) is 1.76. The minimum absolute atomic E-state index is 0.0746. The molecule has 0 aromatic carbocycles. The van der Waals surface area contributed by atoms with Gasteiger partial charge in [-0.2, -0.15) is 0 Å². The number of likely N-dealkylation sites (tertiary alicyclic amines) is 1. The van der Waals surface area contributed by atoms with Gasteiger partial charge in [0.1, 0.15) is 17.8 Å². The van der Waals surface area contributed by atoms with Crippen molar-refractivity contribution in [2.24, 2.45) is 5.92 Å². The highest BCUT2D eigenvalue weighted by molar-refractivity contribution is 5.93.